The van der Waals surface area contributed by atoms with Crippen LogP contribution in [0.1, 0.15) is 28.5 Å². The van der Waals surface area contributed by atoms with Crippen molar-refractivity contribution in [3.8, 4) is 6.07 Å². The highest BCUT2D eigenvalue weighted by molar-refractivity contribution is 7.10. The molecule has 96 valence electrons. The van der Waals surface area contributed by atoms with Gasteiger partial charge in [-0.3, -0.25) is 4.79 Å². The van der Waals surface area contributed by atoms with E-state index in [4.69, 9.17) is 5.26 Å². The molecule has 1 aromatic heterocycles. The monoisotopic (exact) mass is 275 g/mol. The van der Waals surface area contributed by atoms with Gasteiger partial charge in [-0.25, -0.2) is 4.39 Å². The van der Waals surface area contributed by atoms with Gasteiger partial charge in [0.15, 0.2) is 5.78 Å². The summed E-state index contributed by atoms with van der Waals surface area (Å²) in [4.78, 5) is 11.5. The number of hydrogen-bond donors (Lipinski definition) is 1. The third-order valence-electron chi connectivity index (χ3n) is 2.56. The number of aromatic nitrogens is 1. The number of benzene rings is 1. The zero-order valence-electron chi connectivity index (χ0n) is 10.3. The van der Waals surface area contributed by atoms with E-state index in [1.165, 1.54) is 25.1 Å². The third-order valence-corrected chi connectivity index (χ3v) is 3.41. The second kappa shape index (κ2) is 5.16. The highest BCUT2D eigenvalue weighted by atomic mass is 32.1. The zero-order valence-corrected chi connectivity index (χ0v) is 11.1. The Hall–Kier alpha value is -2.26. The molecule has 0 saturated heterocycles. The van der Waals surface area contributed by atoms with Crippen molar-refractivity contribution in [2.75, 3.05) is 5.32 Å². The van der Waals surface area contributed by atoms with Gasteiger partial charge in [0.25, 0.3) is 0 Å². The molecule has 1 heterocycles. The van der Waals surface area contributed by atoms with E-state index < -0.39 is 5.82 Å². The maximum atomic E-state index is 13.2. The van der Waals surface area contributed by atoms with E-state index >= 15 is 0 Å². The Kier molecular flexibility index (Phi) is 3.58. The Morgan fingerprint density at radius 2 is 2.26 bits per heavy atom. The molecular weight excluding hydrogens is 265 g/mol. The van der Waals surface area contributed by atoms with Crippen LogP contribution in [0.4, 0.5) is 15.1 Å². The van der Waals surface area contributed by atoms with Crippen molar-refractivity contribution in [2.45, 2.75) is 13.8 Å². The number of halogens is 1. The van der Waals surface area contributed by atoms with Gasteiger partial charge in [-0.15, -0.1) is 0 Å². The molecule has 0 aliphatic heterocycles. The normalized spacial score (nSPS) is 10.0. The number of nitrogens with zero attached hydrogens (tertiary/aromatic N) is 2. The molecule has 6 heteroatoms. The maximum Gasteiger partial charge on any atom is 0.164 e. The van der Waals surface area contributed by atoms with Crippen molar-refractivity contribution in [3.05, 3.63) is 40.8 Å². The molecule has 0 saturated carbocycles. The Morgan fingerprint density at radius 3 is 2.89 bits per heavy atom. The van der Waals surface area contributed by atoms with Crippen molar-refractivity contribution < 1.29 is 9.18 Å². The van der Waals surface area contributed by atoms with Crippen LogP contribution in [0.25, 0.3) is 0 Å². The molecule has 0 aliphatic rings. The Balaban J connectivity index is 2.37. The first-order valence-electron chi connectivity index (χ1n) is 5.47. The van der Waals surface area contributed by atoms with Crippen molar-refractivity contribution in [1.82, 2.24) is 4.37 Å². The number of Topliss-reactive ketones (excluding diaryl/α,β-unsaturated/α-hetero) is 1. The molecule has 0 atom stereocenters. The van der Waals surface area contributed by atoms with Gasteiger partial charge < -0.3 is 5.32 Å². The number of nitrogens with one attached hydrogen (secondary N) is 1. The number of ketones is 1. The fourth-order valence-corrected chi connectivity index (χ4v) is 2.56. The summed E-state index contributed by atoms with van der Waals surface area (Å²) in [5, 5.41) is 12.4. The summed E-state index contributed by atoms with van der Waals surface area (Å²) in [5.41, 5.74) is 1.68. The number of anilines is 2. The van der Waals surface area contributed by atoms with Gasteiger partial charge in [0.05, 0.1) is 16.8 Å². The van der Waals surface area contributed by atoms with E-state index in [0.717, 1.165) is 11.5 Å². The molecule has 0 bridgehead atoms. The fourth-order valence-electron chi connectivity index (χ4n) is 1.69. The largest absolute Gasteiger partial charge is 0.345 e. The average Bonchev–Trinajstić information content (AvgIpc) is 2.73. The minimum atomic E-state index is -0.569. The molecule has 2 aromatic rings. The van der Waals surface area contributed by atoms with Crippen LogP contribution in [0, 0.1) is 24.1 Å². The topological polar surface area (TPSA) is 65.8 Å². The second-order valence-electron chi connectivity index (χ2n) is 3.96. The van der Waals surface area contributed by atoms with E-state index in [2.05, 4.69) is 9.69 Å². The number of rotatable bonds is 3. The lowest BCUT2D eigenvalue weighted by Gasteiger charge is -2.06. The second-order valence-corrected chi connectivity index (χ2v) is 4.73. The quantitative estimate of drug-likeness (QED) is 0.872. The molecule has 4 nitrogen and oxygen atoms in total. The smallest absolute Gasteiger partial charge is 0.164 e. The molecule has 1 N–H and O–H groups in total. The molecule has 1 aromatic carbocycles. The van der Waals surface area contributed by atoms with E-state index in [1.807, 2.05) is 0 Å². The minimum Gasteiger partial charge on any atom is -0.345 e. The summed E-state index contributed by atoms with van der Waals surface area (Å²) in [5.74, 6) is -0.656. The molecule has 0 aliphatic carbocycles. The molecule has 0 amide bonds. The van der Waals surface area contributed by atoms with Crippen LogP contribution in [-0.4, -0.2) is 10.2 Å². The van der Waals surface area contributed by atoms with E-state index in [1.54, 1.807) is 13.0 Å². The molecule has 0 radical (unpaired) electrons. The molecular formula is C13H10FN3OS. The number of aryl methyl sites for hydroxylation is 1. The summed E-state index contributed by atoms with van der Waals surface area (Å²) in [6.07, 6.45) is 0. The number of carbonyl (C=O) groups is 1. The average molecular weight is 275 g/mol. The summed E-state index contributed by atoms with van der Waals surface area (Å²) in [7, 11) is 0. The SMILES string of the molecule is CC(=O)c1c(C)nsc1Nc1ccc(F)c(C#N)c1. The van der Waals surface area contributed by atoms with Gasteiger partial charge in [-0.2, -0.15) is 9.64 Å². The predicted octanol–water partition coefficient (Wildman–Crippen LogP) is 3.41. The van der Waals surface area contributed by atoms with Crippen LogP contribution >= 0.6 is 11.5 Å². The molecule has 2 rings (SSSR count). The van der Waals surface area contributed by atoms with Crippen LogP contribution in [-0.2, 0) is 0 Å². The minimum absolute atomic E-state index is 0.0457. The lowest BCUT2D eigenvalue weighted by atomic mass is 10.1. The first-order valence-corrected chi connectivity index (χ1v) is 6.24. The third kappa shape index (κ3) is 2.61. The highest BCUT2D eigenvalue weighted by Crippen LogP contribution is 2.28. The van der Waals surface area contributed by atoms with Crippen molar-refractivity contribution in [3.63, 3.8) is 0 Å². The molecule has 19 heavy (non-hydrogen) atoms. The van der Waals surface area contributed by atoms with Crippen LogP contribution in [0.2, 0.25) is 0 Å². The molecule has 0 fully saturated rings. The van der Waals surface area contributed by atoms with Gasteiger partial charge in [0, 0.05) is 5.69 Å². The van der Waals surface area contributed by atoms with Crippen molar-refractivity contribution >= 4 is 28.0 Å². The van der Waals surface area contributed by atoms with Crippen molar-refractivity contribution in [2.24, 2.45) is 0 Å². The van der Waals surface area contributed by atoms with Gasteiger partial charge >= 0.3 is 0 Å². The predicted molar refractivity (Wildman–Crippen MR) is 71.3 cm³/mol. The maximum absolute atomic E-state index is 13.2. The first-order chi connectivity index (χ1) is 9.02. The Labute approximate surface area is 113 Å². The Morgan fingerprint density at radius 1 is 1.53 bits per heavy atom. The number of hydrogen-bond acceptors (Lipinski definition) is 5. The van der Waals surface area contributed by atoms with Gasteiger partial charge in [0.2, 0.25) is 0 Å². The van der Waals surface area contributed by atoms with Crippen LogP contribution < -0.4 is 5.32 Å². The van der Waals surface area contributed by atoms with Gasteiger partial charge in [0.1, 0.15) is 16.9 Å². The lowest BCUT2D eigenvalue weighted by molar-refractivity contribution is 0.101. The van der Waals surface area contributed by atoms with Gasteiger partial charge in [-0.1, -0.05) is 0 Å². The summed E-state index contributed by atoms with van der Waals surface area (Å²) < 4.78 is 17.3. The van der Waals surface area contributed by atoms with Crippen LogP contribution in [0.3, 0.4) is 0 Å². The zero-order chi connectivity index (χ0) is 14.0. The van der Waals surface area contributed by atoms with E-state index in [-0.39, 0.29) is 11.3 Å². The van der Waals surface area contributed by atoms with Crippen molar-refractivity contribution in [1.29, 1.82) is 5.26 Å². The molecule has 0 unspecified atom stereocenters. The molecule has 0 spiro atoms. The lowest BCUT2D eigenvalue weighted by Crippen LogP contribution is -1.99. The highest BCUT2D eigenvalue weighted by Gasteiger charge is 2.15. The standard InChI is InChI=1S/C13H10FN3OS/c1-7-12(8(2)18)13(19-17-7)16-10-3-4-11(14)9(5-10)6-15/h3-5,16H,1-2H3. The number of nitriles is 1. The summed E-state index contributed by atoms with van der Waals surface area (Å²) >= 11 is 1.16. The van der Waals surface area contributed by atoms with E-state index in [0.29, 0.717) is 21.9 Å². The summed E-state index contributed by atoms with van der Waals surface area (Å²) in [6.45, 7) is 3.22. The Bertz CT molecular complexity index is 688. The fraction of sp³-hybridized carbons (Fsp3) is 0.154. The van der Waals surface area contributed by atoms with Gasteiger partial charge in [-0.05, 0) is 43.6 Å². The first kappa shape index (κ1) is 13.2. The van der Waals surface area contributed by atoms with E-state index in [9.17, 15) is 9.18 Å². The van der Waals surface area contributed by atoms with Crippen LogP contribution in [0.5, 0.6) is 0 Å². The summed E-state index contributed by atoms with van der Waals surface area (Å²) in [6, 6.07) is 5.89. The number of carbonyl (C=O) groups excluding carboxylic acids is 1. The van der Waals surface area contributed by atoms with Crippen LogP contribution in [0.15, 0.2) is 18.2 Å².